The normalized spacial score (nSPS) is 10.6. The lowest BCUT2D eigenvalue weighted by Crippen LogP contribution is -1.97. The van der Waals surface area contributed by atoms with Crippen molar-refractivity contribution in [2.45, 2.75) is 6.92 Å². The second kappa shape index (κ2) is 3.41. The van der Waals surface area contributed by atoms with Gasteiger partial charge < -0.3 is 15.3 Å². The van der Waals surface area contributed by atoms with Crippen molar-refractivity contribution in [3.8, 4) is 17.2 Å². The molecule has 0 radical (unpaired) electrons. The summed E-state index contributed by atoms with van der Waals surface area (Å²) in [5, 5.41) is 29.0. The smallest absolute Gasteiger partial charge is 0.231 e. The molecule has 4 heteroatoms. The molecule has 4 nitrogen and oxygen atoms in total. The number of fused-ring (bicyclic) bond motifs is 1. The third-order valence-electron chi connectivity index (χ3n) is 2.48. The van der Waals surface area contributed by atoms with Crippen molar-refractivity contribution in [1.29, 1.82) is 0 Å². The molecule has 0 fully saturated rings. The quantitative estimate of drug-likeness (QED) is 0.587. The van der Waals surface area contributed by atoms with Crippen molar-refractivity contribution in [1.82, 2.24) is 0 Å². The monoisotopic (exact) mass is 218 g/mol. The molecule has 0 saturated carbocycles. The number of phenolic OH excluding ortho intramolecular Hbond substituents is 2. The van der Waals surface area contributed by atoms with Gasteiger partial charge >= 0.3 is 0 Å². The molecule has 82 valence electrons. The topological polar surface area (TPSA) is 77.8 Å². The van der Waals surface area contributed by atoms with E-state index in [9.17, 15) is 20.1 Å². The summed E-state index contributed by atoms with van der Waals surface area (Å²) in [6.45, 7) is 1.62. The third-order valence-corrected chi connectivity index (χ3v) is 2.48. The number of benzene rings is 1. The zero-order valence-electron chi connectivity index (χ0n) is 8.56. The molecule has 0 atom stereocenters. The standard InChI is InChI=1S/C12H10O4/c1-6-5-7-3-2-4-8(13)11(15)9(7)12(16)10(6)14/h2-5,14,16H,1H3,(H,13,15). The highest BCUT2D eigenvalue weighted by molar-refractivity contribution is 5.91. The van der Waals surface area contributed by atoms with Gasteiger partial charge in [-0.25, -0.2) is 0 Å². The minimum Gasteiger partial charge on any atom is -0.504 e. The van der Waals surface area contributed by atoms with Crippen molar-refractivity contribution in [3.05, 3.63) is 40.1 Å². The summed E-state index contributed by atoms with van der Waals surface area (Å²) in [5.41, 5.74) is -0.233. The van der Waals surface area contributed by atoms with Gasteiger partial charge in [0, 0.05) is 0 Å². The molecule has 2 aromatic carbocycles. The van der Waals surface area contributed by atoms with Crippen LogP contribution in [0.1, 0.15) is 5.56 Å². The highest BCUT2D eigenvalue weighted by Crippen LogP contribution is 2.34. The fraction of sp³-hybridized carbons (Fsp3) is 0.0833. The summed E-state index contributed by atoms with van der Waals surface area (Å²) in [7, 11) is 0. The maximum atomic E-state index is 11.7. The zero-order valence-corrected chi connectivity index (χ0v) is 8.56. The fourth-order valence-electron chi connectivity index (χ4n) is 1.63. The first-order valence-electron chi connectivity index (χ1n) is 4.70. The van der Waals surface area contributed by atoms with Crippen LogP contribution in [-0.2, 0) is 0 Å². The maximum absolute atomic E-state index is 11.7. The molecular weight excluding hydrogens is 208 g/mol. The first-order valence-corrected chi connectivity index (χ1v) is 4.70. The number of hydrogen-bond acceptors (Lipinski definition) is 4. The minimum atomic E-state index is -0.701. The van der Waals surface area contributed by atoms with E-state index in [0.717, 1.165) is 0 Å². The number of aryl methyl sites for hydroxylation is 1. The summed E-state index contributed by atoms with van der Waals surface area (Å²) in [5.74, 6) is -1.30. The number of aromatic hydroxyl groups is 3. The predicted octanol–water partition coefficient (Wildman–Crippen LogP) is 1.63. The Morgan fingerprint density at radius 3 is 2.44 bits per heavy atom. The Bertz CT molecular complexity index is 632. The average Bonchev–Trinajstić information content (AvgIpc) is 2.37. The van der Waals surface area contributed by atoms with E-state index in [1.807, 2.05) is 0 Å². The third kappa shape index (κ3) is 1.35. The van der Waals surface area contributed by atoms with Crippen LogP contribution in [0.5, 0.6) is 17.2 Å². The van der Waals surface area contributed by atoms with Crippen molar-refractivity contribution < 1.29 is 15.3 Å². The molecule has 0 unspecified atom stereocenters. The number of hydrogen-bond donors (Lipinski definition) is 3. The summed E-state index contributed by atoms with van der Waals surface area (Å²) in [4.78, 5) is 11.7. The Kier molecular flexibility index (Phi) is 2.20. The predicted molar refractivity (Wildman–Crippen MR) is 59.9 cm³/mol. The van der Waals surface area contributed by atoms with Gasteiger partial charge in [0.2, 0.25) is 5.43 Å². The lowest BCUT2D eigenvalue weighted by atomic mass is 10.1. The van der Waals surface area contributed by atoms with Gasteiger partial charge in [-0.15, -0.1) is 0 Å². The van der Waals surface area contributed by atoms with Crippen LogP contribution in [0.3, 0.4) is 0 Å². The van der Waals surface area contributed by atoms with Gasteiger partial charge in [0.15, 0.2) is 17.2 Å². The van der Waals surface area contributed by atoms with Crippen LogP contribution in [0, 0.1) is 6.92 Å². The van der Waals surface area contributed by atoms with Crippen LogP contribution in [-0.4, -0.2) is 15.3 Å². The van der Waals surface area contributed by atoms with Crippen LogP contribution in [0.15, 0.2) is 29.1 Å². The second-order valence-electron chi connectivity index (χ2n) is 3.60. The second-order valence-corrected chi connectivity index (χ2v) is 3.60. The van der Waals surface area contributed by atoms with Crippen LogP contribution in [0.2, 0.25) is 0 Å². The van der Waals surface area contributed by atoms with E-state index in [-0.39, 0.29) is 11.1 Å². The Balaban J connectivity index is 3.14. The molecule has 0 heterocycles. The van der Waals surface area contributed by atoms with Gasteiger partial charge in [-0.2, -0.15) is 0 Å². The lowest BCUT2D eigenvalue weighted by molar-refractivity contribution is 0.405. The Hall–Kier alpha value is -2.23. The maximum Gasteiger partial charge on any atom is 0.231 e. The van der Waals surface area contributed by atoms with Crippen LogP contribution in [0.4, 0.5) is 0 Å². The van der Waals surface area contributed by atoms with Crippen molar-refractivity contribution in [2.75, 3.05) is 0 Å². The van der Waals surface area contributed by atoms with Gasteiger partial charge in [0.1, 0.15) is 0 Å². The van der Waals surface area contributed by atoms with Gasteiger partial charge in [-0.1, -0.05) is 12.1 Å². The van der Waals surface area contributed by atoms with Crippen LogP contribution >= 0.6 is 0 Å². The zero-order chi connectivity index (χ0) is 11.9. The van der Waals surface area contributed by atoms with Crippen molar-refractivity contribution in [3.63, 3.8) is 0 Å². The van der Waals surface area contributed by atoms with Crippen molar-refractivity contribution >= 4 is 10.8 Å². The molecule has 0 aliphatic heterocycles. The molecule has 0 aliphatic rings. The number of phenols is 2. The summed E-state index contributed by atoms with van der Waals surface area (Å²) in [6, 6.07) is 5.91. The Labute approximate surface area is 91.0 Å². The summed E-state index contributed by atoms with van der Waals surface area (Å²) >= 11 is 0. The molecule has 0 aromatic heterocycles. The van der Waals surface area contributed by atoms with E-state index in [1.165, 1.54) is 12.1 Å². The lowest BCUT2D eigenvalue weighted by Gasteiger charge is -2.03. The molecule has 0 aliphatic carbocycles. The summed E-state index contributed by atoms with van der Waals surface area (Å²) < 4.78 is 0. The van der Waals surface area contributed by atoms with E-state index >= 15 is 0 Å². The number of rotatable bonds is 0. The van der Waals surface area contributed by atoms with Gasteiger partial charge in [0.25, 0.3) is 0 Å². The van der Waals surface area contributed by atoms with E-state index in [0.29, 0.717) is 10.9 Å². The van der Waals surface area contributed by atoms with Crippen molar-refractivity contribution in [2.24, 2.45) is 0 Å². The molecule has 0 saturated heterocycles. The SMILES string of the molecule is Cc1cc2cccc(O)c(=O)c2c(O)c1O. The molecule has 0 spiro atoms. The molecule has 0 amide bonds. The average molecular weight is 218 g/mol. The highest BCUT2D eigenvalue weighted by Gasteiger charge is 2.12. The van der Waals surface area contributed by atoms with E-state index in [1.54, 1.807) is 19.1 Å². The van der Waals surface area contributed by atoms with Crippen LogP contribution in [0.25, 0.3) is 10.8 Å². The molecular formula is C12H10O4. The summed E-state index contributed by atoms with van der Waals surface area (Å²) in [6.07, 6.45) is 0. The fourth-order valence-corrected chi connectivity index (χ4v) is 1.63. The first-order chi connectivity index (χ1) is 7.52. The molecule has 2 aromatic rings. The largest absolute Gasteiger partial charge is 0.504 e. The molecule has 2 rings (SSSR count). The highest BCUT2D eigenvalue weighted by atomic mass is 16.3. The van der Waals surface area contributed by atoms with E-state index < -0.39 is 16.9 Å². The van der Waals surface area contributed by atoms with Gasteiger partial charge in [0.05, 0.1) is 5.39 Å². The van der Waals surface area contributed by atoms with Gasteiger partial charge in [-0.05, 0) is 30.0 Å². The molecule has 3 N–H and O–H groups in total. The minimum absolute atomic E-state index is 0.0781. The van der Waals surface area contributed by atoms with Crippen LogP contribution < -0.4 is 5.43 Å². The van der Waals surface area contributed by atoms with E-state index in [2.05, 4.69) is 0 Å². The Morgan fingerprint density at radius 1 is 1.06 bits per heavy atom. The first kappa shape index (κ1) is 10.3. The van der Waals surface area contributed by atoms with Gasteiger partial charge in [-0.3, -0.25) is 4.79 Å². The molecule has 16 heavy (non-hydrogen) atoms. The van der Waals surface area contributed by atoms with E-state index in [4.69, 9.17) is 0 Å². The molecule has 0 bridgehead atoms. The Morgan fingerprint density at radius 2 is 1.75 bits per heavy atom.